The Morgan fingerprint density at radius 2 is 2.12 bits per heavy atom. The summed E-state index contributed by atoms with van der Waals surface area (Å²) in [4.78, 5) is 0. The summed E-state index contributed by atoms with van der Waals surface area (Å²) in [6.45, 7) is 7.90. The Morgan fingerprint density at radius 3 is 2.65 bits per heavy atom. The highest BCUT2D eigenvalue weighted by molar-refractivity contribution is 5.01. The molecular weight excluding hydrogens is 210 g/mol. The van der Waals surface area contributed by atoms with E-state index in [-0.39, 0.29) is 0 Å². The van der Waals surface area contributed by atoms with E-state index in [9.17, 15) is 0 Å². The summed E-state index contributed by atoms with van der Waals surface area (Å²) in [6, 6.07) is 2.70. The summed E-state index contributed by atoms with van der Waals surface area (Å²) in [7, 11) is 1.98. The van der Waals surface area contributed by atoms with E-state index in [4.69, 9.17) is 0 Å². The third kappa shape index (κ3) is 5.87. The molecule has 0 spiro atoms. The number of hydrogen-bond donors (Lipinski definition) is 1. The fraction of sp³-hybridized carbons (Fsp3) is 0.786. The SMILES string of the molecule is CCCNC(CCC(C)C)Cc1ccn(C)n1. The largest absolute Gasteiger partial charge is 0.314 e. The zero-order valence-electron chi connectivity index (χ0n) is 11.7. The Hall–Kier alpha value is -0.830. The zero-order valence-corrected chi connectivity index (χ0v) is 11.7. The zero-order chi connectivity index (χ0) is 12.7. The predicted octanol–water partition coefficient (Wildman–Crippen LogP) is 2.77. The second kappa shape index (κ2) is 7.49. The molecule has 0 saturated carbocycles. The van der Waals surface area contributed by atoms with E-state index < -0.39 is 0 Å². The number of aromatic nitrogens is 2. The highest BCUT2D eigenvalue weighted by Gasteiger charge is 2.11. The molecule has 0 fully saturated rings. The van der Waals surface area contributed by atoms with E-state index >= 15 is 0 Å². The van der Waals surface area contributed by atoms with Crippen LogP contribution in [0, 0.1) is 5.92 Å². The van der Waals surface area contributed by atoms with Gasteiger partial charge in [-0.25, -0.2) is 0 Å². The van der Waals surface area contributed by atoms with Crippen molar-refractivity contribution in [3.8, 4) is 0 Å². The number of nitrogens with one attached hydrogen (secondary N) is 1. The van der Waals surface area contributed by atoms with Gasteiger partial charge >= 0.3 is 0 Å². The van der Waals surface area contributed by atoms with Crippen LogP contribution in [0.1, 0.15) is 45.7 Å². The monoisotopic (exact) mass is 237 g/mol. The van der Waals surface area contributed by atoms with E-state index in [2.05, 4.69) is 37.3 Å². The Balaban J connectivity index is 2.44. The molecule has 3 nitrogen and oxygen atoms in total. The topological polar surface area (TPSA) is 29.9 Å². The van der Waals surface area contributed by atoms with E-state index in [1.807, 2.05) is 17.9 Å². The van der Waals surface area contributed by atoms with Crippen LogP contribution < -0.4 is 5.32 Å². The summed E-state index contributed by atoms with van der Waals surface area (Å²) >= 11 is 0. The summed E-state index contributed by atoms with van der Waals surface area (Å²) in [5.41, 5.74) is 1.20. The van der Waals surface area contributed by atoms with Crippen molar-refractivity contribution >= 4 is 0 Å². The van der Waals surface area contributed by atoms with Gasteiger partial charge in [0.2, 0.25) is 0 Å². The lowest BCUT2D eigenvalue weighted by atomic mass is 10.00. The highest BCUT2D eigenvalue weighted by atomic mass is 15.2. The molecule has 0 radical (unpaired) electrons. The van der Waals surface area contributed by atoms with Crippen molar-refractivity contribution in [2.24, 2.45) is 13.0 Å². The third-order valence-corrected chi connectivity index (χ3v) is 3.00. The maximum absolute atomic E-state index is 4.46. The van der Waals surface area contributed by atoms with Gasteiger partial charge in [0.1, 0.15) is 0 Å². The van der Waals surface area contributed by atoms with E-state index in [0.717, 1.165) is 18.9 Å². The van der Waals surface area contributed by atoms with Crippen molar-refractivity contribution in [3.05, 3.63) is 18.0 Å². The molecule has 0 aliphatic heterocycles. The minimum atomic E-state index is 0.576. The van der Waals surface area contributed by atoms with Crippen LogP contribution in [0.25, 0.3) is 0 Å². The quantitative estimate of drug-likeness (QED) is 0.753. The highest BCUT2D eigenvalue weighted by Crippen LogP contribution is 2.10. The van der Waals surface area contributed by atoms with Gasteiger partial charge < -0.3 is 5.32 Å². The van der Waals surface area contributed by atoms with Gasteiger partial charge in [-0.3, -0.25) is 4.68 Å². The van der Waals surface area contributed by atoms with Gasteiger partial charge in [0.05, 0.1) is 5.69 Å². The third-order valence-electron chi connectivity index (χ3n) is 3.00. The molecule has 3 heteroatoms. The van der Waals surface area contributed by atoms with Crippen molar-refractivity contribution in [2.45, 2.75) is 52.5 Å². The molecule has 1 aromatic rings. The van der Waals surface area contributed by atoms with Gasteiger partial charge in [-0.2, -0.15) is 5.10 Å². The number of hydrogen-bond acceptors (Lipinski definition) is 2. The van der Waals surface area contributed by atoms with Crippen LogP contribution in [0.15, 0.2) is 12.3 Å². The molecule has 1 heterocycles. The Labute approximate surface area is 106 Å². The minimum absolute atomic E-state index is 0.576. The van der Waals surface area contributed by atoms with E-state index in [0.29, 0.717) is 6.04 Å². The maximum Gasteiger partial charge on any atom is 0.0639 e. The molecule has 17 heavy (non-hydrogen) atoms. The van der Waals surface area contributed by atoms with E-state index in [1.165, 1.54) is 25.0 Å². The van der Waals surface area contributed by atoms with Crippen LogP contribution in [0.5, 0.6) is 0 Å². The second-order valence-electron chi connectivity index (χ2n) is 5.31. The lowest BCUT2D eigenvalue weighted by Gasteiger charge is -2.18. The first kappa shape index (κ1) is 14.2. The first-order valence-corrected chi connectivity index (χ1v) is 6.83. The van der Waals surface area contributed by atoms with Gasteiger partial charge in [0.15, 0.2) is 0 Å². The van der Waals surface area contributed by atoms with Crippen molar-refractivity contribution in [3.63, 3.8) is 0 Å². The average Bonchev–Trinajstić information content (AvgIpc) is 2.68. The lowest BCUT2D eigenvalue weighted by molar-refractivity contribution is 0.424. The van der Waals surface area contributed by atoms with Crippen LogP contribution in [-0.4, -0.2) is 22.4 Å². The first-order valence-electron chi connectivity index (χ1n) is 6.83. The fourth-order valence-corrected chi connectivity index (χ4v) is 1.98. The summed E-state index contributed by atoms with van der Waals surface area (Å²) in [6.07, 6.45) is 6.80. The van der Waals surface area contributed by atoms with Crippen molar-refractivity contribution in [1.82, 2.24) is 15.1 Å². The molecule has 0 bridgehead atoms. The van der Waals surface area contributed by atoms with Gasteiger partial charge in [0.25, 0.3) is 0 Å². The molecule has 1 unspecified atom stereocenters. The Kier molecular flexibility index (Phi) is 6.27. The van der Waals surface area contributed by atoms with E-state index in [1.54, 1.807) is 0 Å². The average molecular weight is 237 g/mol. The normalized spacial score (nSPS) is 13.2. The summed E-state index contributed by atoms with van der Waals surface area (Å²) in [5.74, 6) is 0.782. The summed E-state index contributed by atoms with van der Waals surface area (Å²) < 4.78 is 1.88. The fourth-order valence-electron chi connectivity index (χ4n) is 1.98. The maximum atomic E-state index is 4.46. The van der Waals surface area contributed by atoms with Crippen LogP contribution >= 0.6 is 0 Å². The second-order valence-corrected chi connectivity index (χ2v) is 5.31. The van der Waals surface area contributed by atoms with Gasteiger partial charge in [-0.15, -0.1) is 0 Å². The van der Waals surface area contributed by atoms with Crippen molar-refractivity contribution in [2.75, 3.05) is 6.54 Å². The van der Waals surface area contributed by atoms with Crippen LogP contribution in [0.4, 0.5) is 0 Å². The molecule has 0 aromatic carbocycles. The molecule has 1 aromatic heterocycles. The Morgan fingerprint density at radius 1 is 1.35 bits per heavy atom. The standard InChI is InChI=1S/C14H27N3/c1-5-9-15-13(7-6-12(2)3)11-14-8-10-17(4)16-14/h8,10,12-13,15H,5-7,9,11H2,1-4H3. The molecule has 98 valence electrons. The molecule has 1 atom stereocenters. The molecular formula is C14H27N3. The van der Waals surface area contributed by atoms with Crippen LogP contribution in [0.3, 0.4) is 0 Å². The van der Waals surface area contributed by atoms with Gasteiger partial charge in [-0.1, -0.05) is 20.8 Å². The van der Waals surface area contributed by atoms with Crippen molar-refractivity contribution < 1.29 is 0 Å². The smallest absolute Gasteiger partial charge is 0.0639 e. The lowest BCUT2D eigenvalue weighted by Crippen LogP contribution is -2.32. The molecule has 1 N–H and O–H groups in total. The van der Waals surface area contributed by atoms with Crippen LogP contribution in [-0.2, 0) is 13.5 Å². The molecule has 0 aliphatic rings. The Bertz CT molecular complexity index is 304. The minimum Gasteiger partial charge on any atom is -0.314 e. The number of rotatable bonds is 8. The molecule has 1 rings (SSSR count). The van der Waals surface area contributed by atoms with Crippen LogP contribution in [0.2, 0.25) is 0 Å². The molecule has 0 saturated heterocycles. The molecule has 0 aliphatic carbocycles. The van der Waals surface area contributed by atoms with Crippen molar-refractivity contribution in [1.29, 1.82) is 0 Å². The van der Waals surface area contributed by atoms with Gasteiger partial charge in [-0.05, 0) is 37.8 Å². The summed E-state index contributed by atoms with van der Waals surface area (Å²) in [5, 5.41) is 8.10. The first-order chi connectivity index (χ1) is 8.11. The molecule has 0 amide bonds. The predicted molar refractivity (Wildman–Crippen MR) is 73.1 cm³/mol. The number of nitrogens with zero attached hydrogens (tertiary/aromatic N) is 2. The van der Waals surface area contributed by atoms with Gasteiger partial charge in [0, 0.05) is 25.7 Å². The number of aryl methyl sites for hydroxylation is 1.